The average Bonchev–Trinajstić information content (AvgIpc) is 2.26. The van der Waals surface area contributed by atoms with Gasteiger partial charge in [0, 0.05) is 18.6 Å². The maximum atomic E-state index is 12.4. The standard InChI is InChI=1S/C11H20F2N2O/c1-2-7-15(11(16)10(12)13)9-5-3-8(14)4-6-9/h8-10H,2-7,14H2,1H3. The fourth-order valence-corrected chi connectivity index (χ4v) is 2.25. The molecule has 0 aromatic carbocycles. The molecule has 0 aliphatic heterocycles. The number of nitrogens with zero attached hydrogens (tertiary/aromatic N) is 1. The van der Waals surface area contributed by atoms with Crippen LogP contribution >= 0.6 is 0 Å². The zero-order valence-corrected chi connectivity index (χ0v) is 9.66. The number of halogens is 2. The number of amides is 1. The number of nitrogens with two attached hydrogens (primary N) is 1. The number of alkyl halides is 2. The number of hydrogen-bond acceptors (Lipinski definition) is 2. The van der Waals surface area contributed by atoms with E-state index in [2.05, 4.69) is 0 Å². The van der Waals surface area contributed by atoms with E-state index in [-0.39, 0.29) is 12.1 Å². The van der Waals surface area contributed by atoms with Gasteiger partial charge in [-0.15, -0.1) is 0 Å². The molecule has 0 atom stereocenters. The summed E-state index contributed by atoms with van der Waals surface area (Å²) < 4.78 is 24.8. The highest BCUT2D eigenvalue weighted by Gasteiger charge is 2.31. The van der Waals surface area contributed by atoms with Gasteiger partial charge in [-0.25, -0.2) is 0 Å². The van der Waals surface area contributed by atoms with E-state index in [0.29, 0.717) is 13.0 Å². The van der Waals surface area contributed by atoms with Crippen molar-refractivity contribution in [3.63, 3.8) is 0 Å². The minimum Gasteiger partial charge on any atom is -0.335 e. The Morgan fingerprint density at radius 2 is 1.94 bits per heavy atom. The minimum atomic E-state index is -2.89. The van der Waals surface area contributed by atoms with Crippen LogP contribution in [0.1, 0.15) is 39.0 Å². The molecule has 0 aromatic heterocycles. The second-order valence-electron chi connectivity index (χ2n) is 4.40. The zero-order chi connectivity index (χ0) is 12.1. The van der Waals surface area contributed by atoms with Crippen LogP contribution in [0.15, 0.2) is 0 Å². The molecule has 94 valence electrons. The summed E-state index contributed by atoms with van der Waals surface area (Å²) in [5.41, 5.74) is 5.76. The third-order valence-corrected chi connectivity index (χ3v) is 3.12. The summed E-state index contributed by atoms with van der Waals surface area (Å²) in [6.45, 7) is 2.31. The smallest absolute Gasteiger partial charge is 0.315 e. The van der Waals surface area contributed by atoms with Crippen LogP contribution in [0.4, 0.5) is 8.78 Å². The van der Waals surface area contributed by atoms with Gasteiger partial charge in [-0.3, -0.25) is 4.79 Å². The Hall–Kier alpha value is -0.710. The molecule has 1 rings (SSSR count). The zero-order valence-electron chi connectivity index (χ0n) is 9.66. The summed E-state index contributed by atoms with van der Waals surface area (Å²) in [7, 11) is 0. The van der Waals surface area contributed by atoms with Crippen LogP contribution in [0.25, 0.3) is 0 Å². The Balaban J connectivity index is 2.59. The van der Waals surface area contributed by atoms with Gasteiger partial charge >= 0.3 is 6.43 Å². The first kappa shape index (κ1) is 13.4. The van der Waals surface area contributed by atoms with E-state index in [1.165, 1.54) is 4.90 Å². The molecule has 3 nitrogen and oxygen atoms in total. The highest BCUT2D eigenvalue weighted by Crippen LogP contribution is 2.23. The monoisotopic (exact) mass is 234 g/mol. The molecule has 1 saturated carbocycles. The summed E-state index contributed by atoms with van der Waals surface area (Å²) in [4.78, 5) is 12.7. The topological polar surface area (TPSA) is 46.3 Å². The molecule has 1 fully saturated rings. The largest absolute Gasteiger partial charge is 0.335 e. The predicted molar refractivity (Wildman–Crippen MR) is 58.2 cm³/mol. The van der Waals surface area contributed by atoms with Crippen LogP contribution in [-0.4, -0.2) is 35.9 Å². The van der Waals surface area contributed by atoms with E-state index in [9.17, 15) is 13.6 Å². The first-order valence-electron chi connectivity index (χ1n) is 5.90. The number of carbonyl (C=O) groups excluding carboxylic acids is 1. The van der Waals surface area contributed by atoms with E-state index in [4.69, 9.17) is 5.73 Å². The SMILES string of the molecule is CCCN(C(=O)C(F)F)C1CCC(N)CC1. The molecule has 0 unspecified atom stereocenters. The van der Waals surface area contributed by atoms with Gasteiger partial charge < -0.3 is 10.6 Å². The molecule has 0 heterocycles. The van der Waals surface area contributed by atoms with Crippen molar-refractivity contribution in [3.05, 3.63) is 0 Å². The fraction of sp³-hybridized carbons (Fsp3) is 0.909. The maximum Gasteiger partial charge on any atom is 0.315 e. The Kier molecular flexibility index (Phi) is 5.12. The van der Waals surface area contributed by atoms with E-state index >= 15 is 0 Å². The fourth-order valence-electron chi connectivity index (χ4n) is 2.25. The first-order valence-corrected chi connectivity index (χ1v) is 5.90. The van der Waals surface area contributed by atoms with Crippen molar-refractivity contribution >= 4 is 5.91 Å². The van der Waals surface area contributed by atoms with Crippen LogP contribution in [0.2, 0.25) is 0 Å². The van der Waals surface area contributed by atoms with Crippen molar-refractivity contribution in [2.75, 3.05) is 6.54 Å². The summed E-state index contributed by atoms with van der Waals surface area (Å²) in [5.74, 6) is -1.03. The second-order valence-corrected chi connectivity index (χ2v) is 4.40. The van der Waals surface area contributed by atoms with Crippen LogP contribution in [0.5, 0.6) is 0 Å². The Morgan fingerprint density at radius 3 is 2.38 bits per heavy atom. The molecular weight excluding hydrogens is 214 g/mol. The molecule has 0 spiro atoms. The van der Waals surface area contributed by atoms with Crippen molar-refractivity contribution in [2.24, 2.45) is 5.73 Å². The Bertz CT molecular complexity index is 228. The molecule has 0 bridgehead atoms. The third kappa shape index (κ3) is 3.40. The maximum absolute atomic E-state index is 12.4. The molecule has 1 aliphatic carbocycles. The Labute approximate surface area is 95.0 Å². The summed E-state index contributed by atoms with van der Waals surface area (Å²) in [6, 6.07) is 0.127. The van der Waals surface area contributed by atoms with E-state index in [1.807, 2.05) is 6.92 Å². The highest BCUT2D eigenvalue weighted by molar-refractivity contribution is 5.79. The van der Waals surface area contributed by atoms with Crippen molar-refractivity contribution in [2.45, 2.75) is 57.5 Å². The van der Waals surface area contributed by atoms with Crippen molar-refractivity contribution in [1.29, 1.82) is 0 Å². The lowest BCUT2D eigenvalue weighted by atomic mass is 9.90. The summed E-state index contributed by atoms with van der Waals surface area (Å²) in [5, 5.41) is 0. The molecule has 0 aromatic rings. The lowest BCUT2D eigenvalue weighted by Gasteiger charge is -2.35. The van der Waals surface area contributed by atoms with E-state index in [1.54, 1.807) is 0 Å². The van der Waals surface area contributed by atoms with Crippen molar-refractivity contribution in [1.82, 2.24) is 4.90 Å². The number of hydrogen-bond donors (Lipinski definition) is 1. The lowest BCUT2D eigenvalue weighted by molar-refractivity contribution is -0.146. The third-order valence-electron chi connectivity index (χ3n) is 3.12. The van der Waals surface area contributed by atoms with Gasteiger partial charge in [0.25, 0.3) is 5.91 Å². The molecule has 2 N–H and O–H groups in total. The molecule has 1 amide bonds. The molecule has 0 radical (unpaired) electrons. The van der Waals surface area contributed by atoms with Crippen molar-refractivity contribution < 1.29 is 13.6 Å². The minimum absolute atomic E-state index is 0.0405. The van der Waals surface area contributed by atoms with Crippen LogP contribution in [-0.2, 0) is 4.79 Å². The van der Waals surface area contributed by atoms with Crippen molar-refractivity contribution in [3.8, 4) is 0 Å². The number of rotatable bonds is 4. The van der Waals surface area contributed by atoms with Gasteiger partial charge in [0.15, 0.2) is 0 Å². The molecular formula is C11H20F2N2O. The van der Waals surface area contributed by atoms with Crippen LogP contribution < -0.4 is 5.73 Å². The van der Waals surface area contributed by atoms with Crippen LogP contribution in [0.3, 0.4) is 0 Å². The number of carbonyl (C=O) groups is 1. The molecule has 0 saturated heterocycles. The molecule has 16 heavy (non-hydrogen) atoms. The first-order chi connectivity index (χ1) is 7.56. The molecule has 5 heteroatoms. The van der Waals surface area contributed by atoms with Gasteiger partial charge in [0.05, 0.1) is 0 Å². The quantitative estimate of drug-likeness (QED) is 0.805. The van der Waals surface area contributed by atoms with Crippen LogP contribution in [0, 0.1) is 0 Å². The van der Waals surface area contributed by atoms with Gasteiger partial charge in [-0.2, -0.15) is 8.78 Å². The Morgan fingerprint density at radius 1 is 1.38 bits per heavy atom. The highest BCUT2D eigenvalue weighted by atomic mass is 19.3. The van der Waals surface area contributed by atoms with E-state index in [0.717, 1.165) is 25.7 Å². The van der Waals surface area contributed by atoms with Gasteiger partial charge in [-0.1, -0.05) is 6.92 Å². The van der Waals surface area contributed by atoms with Gasteiger partial charge in [-0.05, 0) is 32.1 Å². The lowest BCUT2D eigenvalue weighted by Crippen LogP contribution is -2.46. The normalized spacial score (nSPS) is 25.8. The average molecular weight is 234 g/mol. The van der Waals surface area contributed by atoms with Gasteiger partial charge in [0.2, 0.25) is 0 Å². The second kappa shape index (κ2) is 6.13. The predicted octanol–water partition coefficient (Wildman–Crippen LogP) is 1.76. The summed E-state index contributed by atoms with van der Waals surface area (Å²) in [6.07, 6.45) is 0.963. The van der Waals surface area contributed by atoms with Gasteiger partial charge in [0.1, 0.15) is 0 Å². The van der Waals surface area contributed by atoms with E-state index < -0.39 is 12.3 Å². The molecule has 1 aliphatic rings. The summed E-state index contributed by atoms with van der Waals surface area (Å²) >= 11 is 0.